The largest absolute Gasteiger partial charge is 0.388 e. The first-order valence-corrected chi connectivity index (χ1v) is 17.2. The lowest BCUT2D eigenvalue weighted by molar-refractivity contribution is -0.0385. The van der Waals surface area contributed by atoms with Crippen LogP contribution in [-0.4, -0.2) is 39.1 Å². The molecule has 6 rings (SSSR count). The number of aliphatic hydroxyl groups excluding tert-OH is 1. The van der Waals surface area contributed by atoms with Crippen LogP contribution in [0.3, 0.4) is 0 Å². The van der Waals surface area contributed by atoms with Crippen molar-refractivity contribution in [3.63, 3.8) is 0 Å². The van der Waals surface area contributed by atoms with E-state index in [4.69, 9.17) is 4.98 Å². The number of pyridine rings is 1. The molecule has 2 fully saturated rings. The van der Waals surface area contributed by atoms with Crippen LogP contribution >= 0.6 is 0 Å². The molecule has 2 aliphatic carbocycles. The second kappa shape index (κ2) is 12.9. The van der Waals surface area contributed by atoms with Gasteiger partial charge in [-0.3, -0.25) is 4.98 Å². The molecule has 3 aromatic rings. The van der Waals surface area contributed by atoms with E-state index in [1.165, 1.54) is 0 Å². The molecule has 1 aromatic carbocycles. The molecule has 1 N–H and O–H groups in total. The maximum atomic E-state index is 17.2. The summed E-state index contributed by atoms with van der Waals surface area (Å²) in [6, 6.07) is 7.47. The van der Waals surface area contributed by atoms with Crippen LogP contribution in [0.4, 0.5) is 19.1 Å². The maximum absolute atomic E-state index is 17.2. The Hall–Kier alpha value is -3.00. The van der Waals surface area contributed by atoms with Gasteiger partial charge in [-0.15, -0.1) is 0 Å². The van der Waals surface area contributed by atoms with Crippen molar-refractivity contribution in [3.8, 4) is 0 Å². The molecule has 46 heavy (non-hydrogen) atoms. The third-order valence-corrected chi connectivity index (χ3v) is 10.4. The molecule has 2 unspecified atom stereocenters. The number of aliphatic hydroxyl groups is 1. The van der Waals surface area contributed by atoms with Crippen molar-refractivity contribution < 1.29 is 18.3 Å². The third-order valence-electron chi connectivity index (χ3n) is 10.4. The van der Waals surface area contributed by atoms with Crippen molar-refractivity contribution in [1.29, 1.82) is 0 Å². The molecule has 0 bridgehead atoms. The lowest BCUT2D eigenvalue weighted by atomic mass is 9.68. The Bertz CT molecular complexity index is 1500. The van der Waals surface area contributed by atoms with Gasteiger partial charge in [0.05, 0.1) is 11.8 Å². The number of aromatic nitrogens is 3. The first kappa shape index (κ1) is 32.9. The van der Waals surface area contributed by atoms with Crippen molar-refractivity contribution in [2.75, 3.05) is 18.0 Å². The second-order valence-corrected chi connectivity index (χ2v) is 15.4. The second-order valence-electron chi connectivity index (χ2n) is 15.4. The quantitative estimate of drug-likeness (QED) is 0.281. The summed E-state index contributed by atoms with van der Waals surface area (Å²) in [4.78, 5) is 16.8. The SMILES string of the molecule is Cc1ccc(C(F)c2c(C3CCN(c4ncc(CC(C)C)cn4)CC3)nc3c(c2C2CCC(F)(F)CC2)C(O)CC(C)(C)C3)cc1. The minimum absolute atomic E-state index is 0.00794. The number of benzene rings is 1. The molecule has 2 atom stereocenters. The Morgan fingerprint density at radius 2 is 1.57 bits per heavy atom. The highest BCUT2D eigenvalue weighted by Crippen LogP contribution is 2.52. The summed E-state index contributed by atoms with van der Waals surface area (Å²) in [7, 11) is 0. The Morgan fingerprint density at radius 1 is 0.935 bits per heavy atom. The van der Waals surface area contributed by atoms with Crippen molar-refractivity contribution in [2.45, 2.75) is 122 Å². The predicted octanol–water partition coefficient (Wildman–Crippen LogP) is 9.12. The molecular formula is C38H49F3N4O. The van der Waals surface area contributed by atoms with Crippen LogP contribution in [-0.2, 0) is 12.8 Å². The number of alkyl halides is 3. The molecule has 3 heterocycles. The minimum atomic E-state index is -2.71. The van der Waals surface area contributed by atoms with Gasteiger partial charge < -0.3 is 10.0 Å². The standard InChI is InChI=1S/C38H49F3N4O/c1-23(2)18-25-21-42-36(43-22-25)45-16-12-28(13-17-45)35-33(34(39)27-8-6-24(3)7-9-27)31(26-10-14-38(40,41)15-11-26)32-29(44-35)19-37(4,5)20-30(32)46/h6-9,21-23,26,28,30,34,46H,10-20H2,1-5H3. The fraction of sp³-hybridized carbons (Fsp3) is 0.605. The van der Waals surface area contributed by atoms with E-state index in [0.717, 1.165) is 47.3 Å². The van der Waals surface area contributed by atoms with Crippen LogP contribution in [0, 0.1) is 18.3 Å². The van der Waals surface area contributed by atoms with E-state index in [9.17, 15) is 13.9 Å². The number of aryl methyl sites for hydroxylation is 1. The molecule has 1 saturated carbocycles. The lowest BCUT2D eigenvalue weighted by Crippen LogP contribution is -2.36. The van der Waals surface area contributed by atoms with Gasteiger partial charge in [0.2, 0.25) is 11.9 Å². The molecule has 248 valence electrons. The zero-order valence-electron chi connectivity index (χ0n) is 28.0. The first-order valence-electron chi connectivity index (χ1n) is 17.2. The highest BCUT2D eigenvalue weighted by atomic mass is 19.3. The van der Waals surface area contributed by atoms with Gasteiger partial charge in [-0.1, -0.05) is 57.5 Å². The molecule has 5 nitrogen and oxygen atoms in total. The fourth-order valence-electron chi connectivity index (χ4n) is 8.05. The number of hydrogen-bond acceptors (Lipinski definition) is 5. The Labute approximate surface area is 272 Å². The number of rotatable bonds is 7. The fourth-order valence-corrected chi connectivity index (χ4v) is 8.05. The molecule has 0 spiro atoms. The third kappa shape index (κ3) is 6.97. The van der Waals surface area contributed by atoms with E-state index in [-0.39, 0.29) is 42.9 Å². The molecular weight excluding hydrogens is 585 g/mol. The van der Waals surface area contributed by atoms with Crippen LogP contribution in [0.15, 0.2) is 36.7 Å². The molecule has 8 heteroatoms. The summed E-state index contributed by atoms with van der Waals surface area (Å²) in [6.45, 7) is 12.0. The van der Waals surface area contributed by atoms with Crippen LogP contribution < -0.4 is 4.90 Å². The van der Waals surface area contributed by atoms with Crippen molar-refractivity contribution in [3.05, 3.63) is 81.4 Å². The van der Waals surface area contributed by atoms with E-state index in [2.05, 4.69) is 42.6 Å². The number of hydrogen-bond donors (Lipinski definition) is 1. The van der Waals surface area contributed by atoms with Crippen molar-refractivity contribution in [2.24, 2.45) is 11.3 Å². The summed E-state index contributed by atoms with van der Waals surface area (Å²) < 4.78 is 46.1. The number of piperidine rings is 1. The smallest absolute Gasteiger partial charge is 0.248 e. The van der Waals surface area contributed by atoms with Gasteiger partial charge in [0.15, 0.2) is 6.17 Å². The Kier molecular flexibility index (Phi) is 9.23. The van der Waals surface area contributed by atoms with Gasteiger partial charge in [-0.25, -0.2) is 23.1 Å². The normalized spacial score (nSPS) is 22.6. The first-order chi connectivity index (χ1) is 21.8. The van der Waals surface area contributed by atoms with Crippen molar-refractivity contribution >= 4 is 5.95 Å². The zero-order chi connectivity index (χ0) is 32.8. The topological polar surface area (TPSA) is 62.1 Å². The van der Waals surface area contributed by atoms with E-state index < -0.39 is 18.2 Å². The highest BCUT2D eigenvalue weighted by molar-refractivity contribution is 5.51. The summed E-state index contributed by atoms with van der Waals surface area (Å²) >= 11 is 0. The van der Waals surface area contributed by atoms with E-state index in [0.29, 0.717) is 54.5 Å². The predicted molar refractivity (Wildman–Crippen MR) is 176 cm³/mol. The van der Waals surface area contributed by atoms with E-state index in [1.54, 1.807) is 0 Å². The van der Waals surface area contributed by atoms with Gasteiger partial charge in [0.25, 0.3) is 0 Å². The number of nitrogens with zero attached hydrogens (tertiary/aromatic N) is 4. The Morgan fingerprint density at radius 3 is 2.17 bits per heavy atom. The van der Waals surface area contributed by atoms with Gasteiger partial charge in [0.1, 0.15) is 0 Å². The molecule has 0 radical (unpaired) electrons. The van der Waals surface area contributed by atoms with Gasteiger partial charge in [0, 0.05) is 61.1 Å². The minimum Gasteiger partial charge on any atom is -0.388 e. The number of fused-ring (bicyclic) bond motifs is 1. The maximum Gasteiger partial charge on any atom is 0.248 e. The average molecular weight is 635 g/mol. The zero-order valence-corrected chi connectivity index (χ0v) is 28.0. The average Bonchev–Trinajstić information content (AvgIpc) is 3.00. The van der Waals surface area contributed by atoms with Gasteiger partial charge >= 0.3 is 0 Å². The summed E-state index contributed by atoms with van der Waals surface area (Å²) in [6.07, 6.45) is 5.31. The Balaban J connectivity index is 1.41. The summed E-state index contributed by atoms with van der Waals surface area (Å²) in [5.41, 5.74) is 6.07. The van der Waals surface area contributed by atoms with Crippen molar-refractivity contribution in [1.82, 2.24) is 15.0 Å². The molecule has 3 aliphatic rings. The van der Waals surface area contributed by atoms with Crippen LogP contribution in [0.1, 0.15) is 142 Å². The monoisotopic (exact) mass is 634 g/mol. The van der Waals surface area contributed by atoms with Crippen LogP contribution in [0.2, 0.25) is 0 Å². The molecule has 2 aromatic heterocycles. The molecule has 0 amide bonds. The van der Waals surface area contributed by atoms with Gasteiger partial charge in [-0.2, -0.15) is 0 Å². The number of anilines is 1. The molecule has 1 aliphatic heterocycles. The lowest BCUT2D eigenvalue weighted by Gasteiger charge is -2.41. The van der Waals surface area contributed by atoms with E-state index >= 15 is 4.39 Å². The van der Waals surface area contributed by atoms with Gasteiger partial charge in [-0.05, 0) is 85.8 Å². The van der Waals surface area contributed by atoms with Crippen LogP contribution in [0.25, 0.3) is 0 Å². The van der Waals surface area contributed by atoms with E-state index in [1.807, 2.05) is 43.6 Å². The summed E-state index contributed by atoms with van der Waals surface area (Å²) in [5.74, 6) is -1.72. The molecule has 1 saturated heterocycles. The number of halogens is 3. The highest BCUT2D eigenvalue weighted by Gasteiger charge is 2.43. The summed E-state index contributed by atoms with van der Waals surface area (Å²) in [5, 5.41) is 11.6. The van der Waals surface area contributed by atoms with Crippen LogP contribution in [0.5, 0.6) is 0 Å².